The lowest BCUT2D eigenvalue weighted by Crippen LogP contribution is -2.11. The van der Waals surface area contributed by atoms with Gasteiger partial charge in [-0.15, -0.1) is 5.10 Å². The van der Waals surface area contributed by atoms with Gasteiger partial charge in [0.05, 0.1) is 29.9 Å². The molecule has 1 aliphatic carbocycles. The van der Waals surface area contributed by atoms with E-state index in [1.807, 2.05) is 50.9 Å². The van der Waals surface area contributed by atoms with Gasteiger partial charge in [0.25, 0.3) is 0 Å². The number of hydrogen-bond acceptors (Lipinski definition) is 5. The van der Waals surface area contributed by atoms with E-state index in [4.69, 9.17) is 4.74 Å². The van der Waals surface area contributed by atoms with Gasteiger partial charge in [-0.25, -0.2) is 9.48 Å². The lowest BCUT2D eigenvalue weighted by Gasteiger charge is -2.10. The van der Waals surface area contributed by atoms with Crippen LogP contribution in [0.3, 0.4) is 0 Å². The Kier molecular flexibility index (Phi) is 4.10. The monoisotopic (exact) mass is 349 g/mol. The second-order valence-corrected chi connectivity index (χ2v) is 6.68. The Morgan fingerprint density at radius 3 is 2.92 bits per heavy atom. The van der Waals surface area contributed by atoms with Crippen molar-refractivity contribution in [2.45, 2.75) is 25.2 Å². The number of hydrogen-bond donors (Lipinski definition) is 0. The average Bonchev–Trinajstić information content (AvgIpc) is 3.07. The Bertz CT molecular complexity index is 964. The maximum absolute atomic E-state index is 12.4. The van der Waals surface area contributed by atoms with Crippen molar-refractivity contribution in [2.75, 3.05) is 6.61 Å². The quantitative estimate of drug-likeness (QED) is 0.501. The number of aryl methyl sites for hydroxylation is 1. The molecular weight excluding hydrogens is 329 g/mol. The lowest BCUT2D eigenvalue weighted by molar-refractivity contribution is 0.0525. The normalized spacial score (nSPS) is 18.7. The summed E-state index contributed by atoms with van der Waals surface area (Å²) < 4.78 is 8.80. The number of esters is 1. The van der Waals surface area contributed by atoms with E-state index in [9.17, 15) is 4.79 Å². The minimum atomic E-state index is -0.328. The molecule has 0 bridgehead atoms. The van der Waals surface area contributed by atoms with E-state index in [1.165, 1.54) is 0 Å². The van der Waals surface area contributed by atoms with Gasteiger partial charge in [-0.1, -0.05) is 22.8 Å². The molecule has 0 N–H and O–H groups in total. The van der Waals surface area contributed by atoms with Crippen LogP contribution in [0.25, 0.3) is 5.69 Å². The number of benzene rings is 1. The smallest absolute Gasteiger partial charge is 0.341 e. The molecule has 1 aliphatic rings. The molecule has 2 atom stereocenters. The third kappa shape index (κ3) is 2.91. The molecule has 26 heavy (non-hydrogen) atoms. The Labute approximate surface area is 152 Å². The van der Waals surface area contributed by atoms with Crippen LogP contribution in [0.5, 0.6) is 0 Å². The third-order valence-corrected chi connectivity index (χ3v) is 4.69. The molecule has 2 aromatic heterocycles. The number of aromatic nitrogens is 5. The summed E-state index contributed by atoms with van der Waals surface area (Å²) >= 11 is 0. The van der Waals surface area contributed by atoms with Crippen LogP contribution in [-0.4, -0.2) is 45.2 Å². The first-order chi connectivity index (χ1) is 12.6. The summed E-state index contributed by atoms with van der Waals surface area (Å²) in [6.07, 6.45) is 4.46. The summed E-state index contributed by atoms with van der Waals surface area (Å²) in [7, 11) is 3.90. The predicted octanol–water partition coefficient (Wildman–Crippen LogP) is 0.707. The van der Waals surface area contributed by atoms with E-state index in [1.54, 1.807) is 10.9 Å². The highest BCUT2D eigenvalue weighted by atomic mass is 16.5. The molecule has 1 saturated carbocycles. The van der Waals surface area contributed by atoms with Gasteiger partial charge in [0.1, 0.15) is 13.4 Å². The molecule has 2 heterocycles. The van der Waals surface area contributed by atoms with Crippen LogP contribution in [0.1, 0.15) is 46.9 Å². The highest BCUT2D eigenvalue weighted by Gasteiger charge is 2.46. The first-order valence-electron chi connectivity index (χ1n) is 8.76. The van der Waals surface area contributed by atoms with E-state index < -0.39 is 0 Å². The molecular formula is C18H20BN5O2. The van der Waals surface area contributed by atoms with Gasteiger partial charge >= 0.3 is 5.97 Å². The van der Waals surface area contributed by atoms with Gasteiger partial charge in [0.15, 0.2) is 0 Å². The van der Waals surface area contributed by atoms with Crippen LogP contribution in [0.4, 0.5) is 0 Å². The van der Waals surface area contributed by atoms with Gasteiger partial charge in [0, 0.05) is 25.1 Å². The number of ether oxygens (including phenoxy) is 1. The van der Waals surface area contributed by atoms with Crippen molar-refractivity contribution in [1.82, 2.24) is 24.8 Å². The fourth-order valence-electron chi connectivity index (χ4n) is 3.41. The Morgan fingerprint density at radius 2 is 2.23 bits per heavy atom. The molecule has 8 heteroatoms. The van der Waals surface area contributed by atoms with Gasteiger partial charge in [-0.05, 0) is 25.5 Å². The minimum absolute atomic E-state index is 0.175. The van der Waals surface area contributed by atoms with Crippen LogP contribution >= 0.6 is 0 Å². The molecule has 1 fully saturated rings. The van der Waals surface area contributed by atoms with Gasteiger partial charge in [0.2, 0.25) is 0 Å². The summed E-state index contributed by atoms with van der Waals surface area (Å²) in [4.78, 5) is 12.4. The molecule has 0 spiro atoms. The third-order valence-electron chi connectivity index (χ3n) is 4.69. The Morgan fingerprint density at radius 1 is 1.38 bits per heavy atom. The summed E-state index contributed by atoms with van der Waals surface area (Å²) in [6.45, 7) is 2.15. The number of carbonyl (C=O) groups is 1. The van der Waals surface area contributed by atoms with E-state index in [0.29, 0.717) is 12.2 Å². The topological polar surface area (TPSA) is 74.8 Å². The van der Waals surface area contributed by atoms with Crippen LogP contribution in [0, 0.1) is 0 Å². The zero-order valence-electron chi connectivity index (χ0n) is 15.1. The maximum atomic E-state index is 12.4. The summed E-state index contributed by atoms with van der Waals surface area (Å²) in [5.41, 5.74) is 4.46. The number of carbonyl (C=O) groups excluding carboxylic acids is 1. The molecule has 3 aromatic rings. The summed E-state index contributed by atoms with van der Waals surface area (Å²) in [5.74, 6) is 0.0949. The van der Waals surface area contributed by atoms with Crippen LogP contribution < -0.4 is 5.46 Å². The zero-order chi connectivity index (χ0) is 18.3. The van der Waals surface area contributed by atoms with Gasteiger partial charge in [-0.3, -0.25) is 4.68 Å². The first kappa shape index (κ1) is 16.6. The van der Waals surface area contributed by atoms with Crippen molar-refractivity contribution in [3.05, 3.63) is 53.6 Å². The fraction of sp³-hybridized carbons (Fsp3) is 0.333. The van der Waals surface area contributed by atoms with Gasteiger partial charge < -0.3 is 4.74 Å². The van der Waals surface area contributed by atoms with Crippen LogP contribution in [0.2, 0.25) is 0 Å². The largest absolute Gasteiger partial charge is 0.462 e. The zero-order valence-corrected chi connectivity index (χ0v) is 15.1. The fourth-order valence-corrected chi connectivity index (χ4v) is 3.41. The summed E-state index contributed by atoms with van der Waals surface area (Å²) in [5, 5.41) is 12.8. The van der Waals surface area contributed by atoms with Crippen molar-refractivity contribution < 1.29 is 9.53 Å². The average molecular weight is 349 g/mol. The molecule has 7 nitrogen and oxygen atoms in total. The SMILES string of the molecule is Bc1cccc(-n2ncc(C(=O)OCC)c2[C@@H]2C[C@H]2c2cn(C)nn2)c1. The maximum Gasteiger partial charge on any atom is 0.341 e. The van der Waals surface area contributed by atoms with E-state index in [0.717, 1.165) is 29.0 Å². The molecule has 0 amide bonds. The van der Waals surface area contributed by atoms with E-state index in [2.05, 4.69) is 21.5 Å². The van der Waals surface area contributed by atoms with Crippen molar-refractivity contribution in [2.24, 2.45) is 7.05 Å². The highest BCUT2D eigenvalue weighted by molar-refractivity contribution is 6.32. The molecule has 0 radical (unpaired) electrons. The predicted molar refractivity (Wildman–Crippen MR) is 98.8 cm³/mol. The number of nitrogens with zero attached hydrogens (tertiary/aromatic N) is 5. The van der Waals surface area contributed by atoms with Gasteiger partial charge in [-0.2, -0.15) is 5.10 Å². The van der Waals surface area contributed by atoms with E-state index >= 15 is 0 Å². The molecule has 0 aliphatic heterocycles. The minimum Gasteiger partial charge on any atom is -0.462 e. The second-order valence-electron chi connectivity index (χ2n) is 6.68. The molecule has 0 unspecified atom stereocenters. The lowest BCUT2D eigenvalue weighted by atomic mass is 9.96. The van der Waals surface area contributed by atoms with Crippen molar-refractivity contribution >= 4 is 19.3 Å². The molecule has 132 valence electrons. The van der Waals surface area contributed by atoms with Crippen LogP contribution in [-0.2, 0) is 11.8 Å². The molecule has 0 saturated heterocycles. The Balaban J connectivity index is 1.75. The van der Waals surface area contributed by atoms with Crippen molar-refractivity contribution in [3.8, 4) is 5.69 Å². The van der Waals surface area contributed by atoms with Crippen molar-refractivity contribution in [3.63, 3.8) is 0 Å². The first-order valence-corrected chi connectivity index (χ1v) is 8.76. The standard InChI is InChI=1S/C18H20BN5O2/c1-3-26-18(25)15-9-20-24(12-6-4-5-11(19)7-12)17(15)14-8-13(14)16-10-23(2)22-21-16/h4-7,9-10,13-14H,3,8,19H2,1-2H3/t13-,14-/m1/s1. The Hall–Kier alpha value is -2.90. The van der Waals surface area contributed by atoms with Crippen LogP contribution in [0.15, 0.2) is 36.7 Å². The number of rotatable bonds is 5. The van der Waals surface area contributed by atoms with E-state index in [-0.39, 0.29) is 17.8 Å². The molecule has 4 rings (SSSR count). The summed E-state index contributed by atoms with van der Waals surface area (Å²) in [6, 6.07) is 8.09. The van der Waals surface area contributed by atoms with Crippen molar-refractivity contribution in [1.29, 1.82) is 0 Å². The molecule has 1 aromatic carbocycles. The second kappa shape index (κ2) is 6.44. The highest BCUT2D eigenvalue weighted by Crippen LogP contribution is 2.55.